The lowest BCUT2D eigenvalue weighted by Crippen LogP contribution is -1.91. The Morgan fingerprint density at radius 3 is 1.85 bits per heavy atom. The van der Waals surface area contributed by atoms with Crippen LogP contribution < -0.4 is 0 Å². The first kappa shape index (κ1) is 17.6. The van der Waals surface area contributed by atoms with Gasteiger partial charge < -0.3 is 10.2 Å². The minimum atomic E-state index is 0.193. The first-order valence-corrected chi connectivity index (χ1v) is 9.51. The Morgan fingerprint density at radius 1 is 0.778 bits per heavy atom. The molecule has 0 aliphatic rings. The smallest absolute Gasteiger partial charge is 0.127 e. The van der Waals surface area contributed by atoms with Crippen LogP contribution in [0, 0.1) is 13.8 Å². The number of phenols is 2. The molecular weight excluding hydrogens is 400 g/mol. The van der Waals surface area contributed by atoms with E-state index in [-0.39, 0.29) is 11.5 Å². The zero-order valence-corrected chi connectivity index (χ0v) is 16.8. The van der Waals surface area contributed by atoms with Gasteiger partial charge in [-0.15, -0.1) is 0 Å². The highest BCUT2D eigenvalue weighted by Gasteiger charge is 2.20. The van der Waals surface area contributed by atoms with Gasteiger partial charge in [0, 0.05) is 15.6 Å². The van der Waals surface area contributed by atoms with Gasteiger partial charge in [-0.3, -0.25) is 0 Å². The highest BCUT2D eigenvalue weighted by Crippen LogP contribution is 2.47. The molecule has 3 heteroatoms. The van der Waals surface area contributed by atoms with Crippen molar-refractivity contribution in [2.75, 3.05) is 0 Å². The minimum absolute atomic E-state index is 0.193. The summed E-state index contributed by atoms with van der Waals surface area (Å²) < 4.78 is 0.972. The Hall–Kier alpha value is -2.78. The van der Waals surface area contributed by atoms with Crippen LogP contribution in [0.5, 0.6) is 11.5 Å². The van der Waals surface area contributed by atoms with E-state index >= 15 is 0 Å². The van der Waals surface area contributed by atoms with Gasteiger partial charge in [0.1, 0.15) is 11.5 Å². The fraction of sp³-hybridized carbons (Fsp3) is 0.0833. The highest BCUT2D eigenvalue weighted by molar-refractivity contribution is 9.10. The molecule has 0 aromatic heterocycles. The van der Waals surface area contributed by atoms with Crippen molar-refractivity contribution in [3.05, 3.63) is 76.3 Å². The Kier molecular flexibility index (Phi) is 4.20. The molecule has 0 heterocycles. The number of rotatable bonds is 2. The molecule has 4 rings (SSSR count). The predicted molar refractivity (Wildman–Crippen MR) is 117 cm³/mol. The molecule has 2 nitrogen and oxygen atoms in total. The fourth-order valence-corrected chi connectivity index (χ4v) is 4.07. The van der Waals surface area contributed by atoms with Crippen LogP contribution in [-0.2, 0) is 0 Å². The number of hydrogen-bond acceptors (Lipinski definition) is 2. The van der Waals surface area contributed by atoms with Gasteiger partial charge in [-0.2, -0.15) is 0 Å². The lowest BCUT2D eigenvalue weighted by molar-refractivity contribution is 0.466. The summed E-state index contributed by atoms with van der Waals surface area (Å²) in [5.41, 5.74) is 3.88. The summed E-state index contributed by atoms with van der Waals surface area (Å²) in [5, 5.41) is 25.7. The van der Waals surface area contributed by atoms with E-state index in [4.69, 9.17) is 0 Å². The van der Waals surface area contributed by atoms with Gasteiger partial charge in [-0.1, -0.05) is 46.8 Å². The van der Waals surface area contributed by atoms with Crippen LogP contribution in [0.1, 0.15) is 16.7 Å². The molecule has 4 aromatic carbocycles. The lowest BCUT2D eigenvalue weighted by atomic mass is 9.89. The molecule has 134 valence electrons. The number of hydrogen-bond donors (Lipinski definition) is 2. The molecule has 0 saturated heterocycles. The SMILES string of the molecule is C=Cc1ccc2c(-c3c(O)c(C)cc4cc(Br)ccc34)c(O)c(C)cc2c1. The molecule has 0 aliphatic carbocycles. The summed E-state index contributed by atoms with van der Waals surface area (Å²) in [5.74, 6) is 0.388. The largest absolute Gasteiger partial charge is 0.507 e. The Bertz CT molecular complexity index is 1240. The second-order valence-electron chi connectivity index (χ2n) is 6.88. The third kappa shape index (κ3) is 2.79. The quantitative estimate of drug-likeness (QED) is 0.364. The topological polar surface area (TPSA) is 40.5 Å². The van der Waals surface area contributed by atoms with Crippen molar-refractivity contribution in [3.8, 4) is 22.6 Å². The maximum absolute atomic E-state index is 11.0. The van der Waals surface area contributed by atoms with Crippen LogP contribution in [0.3, 0.4) is 0 Å². The Labute approximate surface area is 166 Å². The second kappa shape index (κ2) is 6.43. The van der Waals surface area contributed by atoms with E-state index in [1.807, 2.05) is 62.4 Å². The van der Waals surface area contributed by atoms with Gasteiger partial charge in [0.15, 0.2) is 0 Å². The molecule has 0 fully saturated rings. The molecule has 0 atom stereocenters. The minimum Gasteiger partial charge on any atom is -0.507 e. The van der Waals surface area contributed by atoms with E-state index in [9.17, 15) is 10.2 Å². The molecule has 0 saturated carbocycles. The summed E-state index contributed by atoms with van der Waals surface area (Å²) in [4.78, 5) is 0. The average Bonchev–Trinajstić information content (AvgIpc) is 2.64. The number of fused-ring (bicyclic) bond motifs is 2. The molecular formula is C24H19BrO2. The molecule has 4 aromatic rings. The third-order valence-corrected chi connectivity index (χ3v) is 5.57. The standard InChI is InChI=1S/C24H19BrO2/c1-4-15-5-7-19-16(11-15)9-13(2)23(26)21(19)22-20-8-6-18(25)12-17(20)10-14(3)24(22)27/h4-12,26-27H,1H2,2-3H3. The van der Waals surface area contributed by atoms with E-state index < -0.39 is 0 Å². The zero-order valence-electron chi connectivity index (χ0n) is 15.2. The van der Waals surface area contributed by atoms with Crippen molar-refractivity contribution < 1.29 is 10.2 Å². The molecule has 0 unspecified atom stereocenters. The molecule has 0 spiro atoms. The first-order valence-electron chi connectivity index (χ1n) is 8.71. The zero-order chi connectivity index (χ0) is 19.3. The normalized spacial score (nSPS) is 11.2. The van der Waals surface area contributed by atoms with E-state index in [2.05, 4.69) is 22.5 Å². The summed E-state index contributed by atoms with van der Waals surface area (Å²) in [6.07, 6.45) is 1.80. The van der Waals surface area contributed by atoms with Crippen molar-refractivity contribution in [3.63, 3.8) is 0 Å². The first-order chi connectivity index (χ1) is 12.9. The van der Waals surface area contributed by atoms with Gasteiger partial charge in [0.25, 0.3) is 0 Å². The number of benzene rings is 4. The summed E-state index contributed by atoms with van der Waals surface area (Å²) >= 11 is 3.52. The molecule has 2 N–H and O–H groups in total. The number of phenolic OH excluding ortho intramolecular Hbond substituents is 2. The van der Waals surface area contributed by atoms with Crippen molar-refractivity contribution in [2.45, 2.75) is 13.8 Å². The second-order valence-corrected chi connectivity index (χ2v) is 7.80. The van der Waals surface area contributed by atoms with Crippen molar-refractivity contribution in [1.29, 1.82) is 0 Å². The third-order valence-electron chi connectivity index (χ3n) is 5.08. The van der Waals surface area contributed by atoms with E-state index in [1.165, 1.54) is 0 Å². The molecule has 0 amide bonds. The van der Waals surface area contributed by atoms with Crippen LogP contribution in [-0.4, -0.2) is 10.2 Å². The van der Waals surface area contributed by atoms with Crippen molar-refractivity contribution in [2.24, 2.45) is 0 Å². The summed E-state index contributed by atoms with van der Waals surface area (Å²) in [6.45, 7) is 7.60. The van der Waals surface area contributed by atoms with Gasteiger partial charge in [0.2, 0.25) is 0 Å². The molecule has 0 bridgehead atoms. The Balaban J connectivity index is 2.22. The van der Waals surface area contributed by atoms with Crippen LogP contribution in [0.25, 0.3) is 38.7 Å². The molecule has 27 heavy (non-hydrogen) atoms. The van der Waals surface area contributed by atoms with Gasteiger partial charge in [0.05, 0.1) is 0 Å². The monoisotopic (exact) mass is 418 g/mol. The van der Waals surface area contributed by atoms with E-state index in [0.29, 0.717) is 11.1 Å². The predicted octanol–water partition coefficient (Wildman–Crippen LogP) is 7.09. The molecule has 0 radical (unpaired) electrons. The summed E-state index contributed by atoms with van der Waals surface area (Å²) in [7, 11) is 0. The summed E-state index contributed by atoms with van der Waals surface area (Å²) in [6, 6.07) is 15.9. The van der Waals surface area contributed by atoms with Crippen LogP contribution in [0.4, 0.5) is 0 Å². The number of halogens is 1. The Morgan fingerprint density at radius 2 is 1.30 bits per heavy atom. The average molecular weight is 419 g/mol. The lowest BCUT2D eigenvalue weighted by Gasteiger charge is -2.17. The highest BCUT2D eigenvalue weighted by atomic mass is 79.9. The van der Waals surface area contributed by atoms with E-state index in [0.717, 1.165) is 42.7 Å². The van der Waals surface area contributed by atoms with Crippen molar-refractivity contribution >= 4 is 43.6 Å². The van der Waals surface area contributed by atoms with Gasteiger partial charge >= 0.3 is 0 Å². The van der Waals surface area contributed by atoms with E-state index in [1.54, 1.807) is 6.08 Å². The van der Waals surface area contributed by atoms with Gasteiger partial charge in [-0.05, 0) is 82.4 Å². The molecule has 0 aliphatic heterocycles. The van der Waals surface area contributed by atoms with Crippen LogP contribution >= 0.6 is 15.9 Å². The maximum Gasteiger partial charge on any atom is 0.127 e. The van der Waals surface area contributed by atoms with Crippen LogP contribution in [0.2, 0.25) is 0 Å². The van der Waals surface area contributed by atoms with Crippen molar-refractivity contribution in [1.82, 2.24) is 0 Å². The fourth-order valence-electron chi connectivity index (χ4n) is 3.69. The van der Waals surface area contributed by atoms with Gasteiger partial charge in [-0.25, -0.2) is 0 Å². The number of aromatic hydroxyl groups is 2. The van der Waals surface area contributed by atoms with Crippen LogP contribution in [0.15, 0.2) is 59.6 Å². The number of aryl methyl sites for hydroxylation is 2. The maximum atomic E-state index is 11.0.